The van der Waals surface area contributed by atoms with Crippen LogP contribution in [0, 0.1) is 0 Å². The highest BCUT2D eigenvalue weighted by Crippen LogP contribution is 2.33. The number of carbonyl (C=O) groups is 2. The maximum Gasteiger partial charge on any atom is 0.315 e. The Labute approximate surface area is 344 Å². The van der Waals surface area contributed by atoms with Crippen LogP contribution in [0.3, 0.4) is 0 Å². The summed E-state index contributed by atoms with van der Waals surface area (Å²) in [7, 11) is -7.28. The van der Waals surface area contributed by atoms with Crippen LogP contribution in [0.25, 0.3) is 10.8 Å². The lowest BCUT2D eigenvalue weighted by Crippen LogP contribution is -2.37. The molecule has 58 heavy (non-hydrogen) atoms. The second-order valence-corrected chi connectivity index (χ2v) is 21.4. The lowest BCUT2D eigenvalue weighted by molar-refractivity contribution is -0.131. The van der Waals surface area contributed by atoms with E-state index >= 15 is 0 Å². The largest absolute Gasteiger partial charge is 0.378 e. The summed E-state index contributed by atoms with van der Waals surface area (Å²) in [6, 6.07) is 10.7. The minimum Gasteiger partial charge on any atom is -0.378 e. The topological polar surface area (TPSA) is 228 Å². The van der Waals surface area contributed by atoms with Crippen molar-refractivity contribution in [2.75, 3.05) is 75.1 Å². The molecule has 0 saturated carbocycles. The first-order valence-electron chi connectivity index (χ1n) is 18.8. The number of carbonyl (C=O) groups excluding carboxylic acids is 2. The number of hydrogen-bond acceptors (Lipinski definition) is 14. The minimum absolute atomic E-state index is 0.00562. The number of ether oxygens (including phenoxy) is 2. The fraction of sp³-hybridized carbons (Fsp3) is 0.556. The van der Waals surface area contributed by atoms with E-state index in [-0.39, 0.29) is 98.1 Å². The molecule has 2 aliphatic heterocycles. The van der Waals surface area contributed by atoms with Crippen molar-refractivity contribution in [1.82, 2.24) is 35.2 Å². The van der Waals surface area contributed by atoms with Crippen molar-refractivity contribution in [2.45, 2.75) is 61.0 Å². The van der Waals surface area contributed by atoms with E-state index < -0.39 is 35.6 Å². The van der Waals surface area contributed by atoms with Gasteiger partial charge in [-0.3, -0.25) is 9.48 Å². The molecule has 18 nitrogen and oxygen atoms in total. The van der Waals surface area contributed by atoms with E-state index in [4.69, 9.17) is 9.47 Å². The van der Waals surface area contributed by atoms with Crippen molar-refractivity contribution >= 4 is 69.9 Å². The number of benzene rings is 2. The molecule has 0 spiro atoms. The van der Waals surface area contributed by atoms with Gasteiger partial charge < -0.3 is 29.9 Å². The summed E-state index contributed by atoms with van der Waals surface area (Å²) in [4.78, 5) is 28.8. The first-order chi connectivity index (χ1) is 27.6. The number of sulfone groups is 2. The van der Waals surface area contributed by atoms with Crippen molar-refractivity contribution in [3.63, 3.8) is 0 Å². The van der Waals surface area contributed by atoms with Crippen molar-refractivity contribution in [2.24, 2.45) is 0 Å². The average Bonchev–Trinajstić information content (AvgIpc) is 3.90. The van der Waals surface area contributed by atoms with Gasteiger partial charge >= 0.3 is 6.03 Å². The van der Waals surface area contributed by atoms with Gasteiger partial charge in [0.05, 0.1) is 67.6 Å². The minimum atomic E-state index is -3.89. The molecule has 3 atom stereocenters. The fourth-order valence-corrected chi connectivity index (χ4v) is 11.0. The van der Waals surface area contributed by atoms with Crippen LogP contribution in [-0.4, -0.2) is 145 Å². The second-order valence-electron chi connectivity index (χ2n) is 14.2. The zero-order chi connectivity index (χ0) is 41.9. The number of urea groups is 1. The number of nitrogens with zero attached hydrogens (tertiary/aromatic N) is 5. The van der Waals surface area contributed by atoms with Crippen LogP contribution in [-0.2, 0) is 57.1 Å². The predicted octanol–water partition coefficient (Wildman–Crippen LogP) is 1.49. The summed E-state index contributed by atoms with van der Waals surface area (Å²) in [5, 5.41) is 16.6. The third-order valence-electron chi connectivity index (χ3n) is 9.71. The Bertz CT molecular complexity index is 2240. The van der Waals surface area contributed by atoms with Crippen LogP contribution >= 0.6 is 11.8 Å². The first-order valence-corrected chi connectivity index (χ1v) is 24.9. The normalized spacial score (nSPS) is 18.2. The van der Waals surface area contributed by atoms with Crippen LogP contribution in [0.5, 0.6) is 0 Å². The fourth-order valence-electron chi connectivity index (χ4n) is 6.67. The highest BCUT2D eigenvalue weighted by Gasteiger charge is 2.42. The van der Waals surface area contributed by atoms with Gasteiger partial charge in [0.1, 0.15) is 5.69 Å². The molecule has 3 N–H and O–H groups in total. The van der Waals surface area contributed by atoms with Gasteiger partial charge in [-0.15, -0.1) is 5.10 Å². The van der Waals surface area contributed by atoms with Crippen LogP contribution in [0.1, 0.15) is 31.4 Å². The Balaban J connectivity index is 1.14. The molecule has 3 unspecified atom stereocenters. The molecule has 2 aromatic carbocycles. The SMILES string of the molecule is C=CS(=O)(=O)COCCOCCS(=O)(=O)CCN(Cc1cn(CCNS(=O)(=O)c2cccc3c(N(C)C)cccc23)nn1)C(=O)CCCCC1SCC2NC(=O)NC21. The van der Waals surface area contributed by atoms with E-state index in [0.717, 1.165) is 35.1 Å². The molecule has 5 rings (SSSR count). The van der Waals surface area contributed by atoms with Gasteiger partial charge in [0.15, 0.2) is 25.6 Å². The summed E-state index contributed by atoms with van der Waals surface area (Å²) < 4.78 is 90.0. The quantitative estimate of drug-likeness (QED) is 0.0810. The number of rotatable bonds is 25. The summed E-state index contributed by atoms with van der Waals surface area (Å²) in [6.07, 6.45) is 3.91. The number of anilines is 1. The Morgan fingerprint density at radius 2 is 1.78 bits per heavy atom. The lowest BCUT2D eigenvalue weighted by atomic mass is 10.0. The number of fused-ring (bicyclic) bond motifs is 2. The Morgan fingerprint density at radius 1 is 1.02 bits per heavy atom. The predicted molar refractivity (Wildman–Crippen MR) is 222 cm³/mol. The summed E-state index contributed by atoms with van der Waals surface area (Å²) in [5.41, 5.74) is 1.29. The summed E-state index contributed by atoms with van der Waals surface area (Å²) in [5.74, 6) is -0.600. The summed E-state index contributed by atoms with van der Waals surface area (Å²) >= 11 is 1.80. The van der Waals surface area contributed by atoms with Gasteiger partial charge in [-0.25, -0.2) is 34.8 Å². The van der Waals surface area contributed by atoms with Gasteiger partial charge in [-0.1, -0.05) is 42.5 Å². The Kier molecular flexibility index (Phi) is 16.0. The number of unbranched alkanes of at least 4 members (excludes halogenated alkanes) is 1. The molecule has 22 heteroatoms. The molecule has 3 amide bonds. The highest BCUT2D eigenvalue weighted by atomic mass is 32.2. The Morgan fingerprint density at radius 3 is 2.55 bits per heavy atom. The molecule has 2 fully saturated rings. The molecule has 3 aromatic rings. The zero-order valence-corrected chi connectivity index (χ0v) is 35.9. The van der Waals surface area contributed by atoms with Crippen LogP contribution < -0.4 is 20.3 Å². The van der Waals surface area contributed by atoms with E-state index in [1.165, 1.54) is 9.58 Å². The second kappa shape index (κ2) is 20.4. The molecular formula is C36H52N8O10S4. The number of sulfonamides is 1. The van der Waals surface area contributed by atoms with E-state index in [1.807, 2.05) is 37.2 Å². The van der Waals surface area contributed by atoms with Gasteiger partial charge in [0.2, 0.25) is 15.9 Å². The number of aromatic nitrogens is 3. The highest BCUT2D eigenvalue weighted by molar-refractivity contribution is 8.00. The molecule has 1 aromatic heterocycles. The number of thioether (sulfide) groups is 1. The molecule has 2 aliphatic rings. The number of hydrogen-bond donors (Lipinski definition) is 3. The van der Waals surface area contributed by atoms with Gasteiger partial charge in [0, 0.05) is 66.5 Å². The molecule has 0 radical (unpaired) electrons. The van der Waals surface area contributed by atoms with Crippen molar-refractivity contribution in [1.29, 1.82) is 0 Å². The molecular weight excluding hydrogens is 833 g/mol. The van der Waals surface area contributed by atoms with Gasteiger partial charge in [0.25, 0.3) is 0 Å². The van der Waals surface area contributed by atoms with E-state index in [2.05, 4.69) is 32.2 Å². The average molecular weight is 885 g/mol. The molecule has 0 aliphatic carbocycles. The standard InChI is InChI=1S/C36H52N8O10S4/c1-4-56(47,48)26-54-19-18-53-20-22-57(49,50)21-17-43(34(45)14-6-5-12-32-35-30(25-55-32)38-36(46)39-35)23-27-24-44(41-40-27)16-15-37-58(51,52)33-13-8-9-28-29(33)10-7-11-31(28)42(2)3/h4,7-11,13,24,30,32,35,37H,1,5-6,12,14-23,25-26H2,2-3H3,(H2,38,39,46). The number of nitrogens with one attached hydrogen (secondary N) is 3. The van der Waals surface area contributed by atoms with Gasteiger partial charge in [-0.05, 0) is 25.0 Å². The molecule has 320 valence electrons. The van der Waals surface area contributed by atoms with E-state index in [0.29, 0.717) is 17.5 Å². The monoisotopic (exact) mass is 884 g/mol. The zero-order valence-electron chi connectivity index (χ0n) is 32.6. The first kappa shape index (κ1) is 45.3. The Hall–Kier alpha value is -3.80. The van der Waals surface area contributed by atoms with Gasteiger partial charge in [-0.2, -0.15) is 11.8 Å². The third-order valence-corrected chi connectivity index (χ3v) is 15.3. The van der Waals surface area contributed by atoms with E-state index in [1.54, 1.807) is 36.2 Å². The van der Waals surface area contributed by atoms with Crippen molar-refractivity contribution in [3.05, 3.63) is 60.3 Å². The van der Waals surface area contributed by atoms with Crippen LogP contribution in [0.15, 0.2) is 59.5 Å². The maximum atomic E-state index is 13.6. The maximum absolute atomic E-state index is 13.6. The van der Waals surface area contributed by atoms with Crippen LogP contribution in [0.2, 0.25) is 0 Å². The third kappa shape index (κ3) is 12.8. The number of amides is 3. The smallest absolute Gasteiger partial charge is 0.315 e. The molecule has 0 bridgehead atoms. The van der Waals surface area contributed by atoms with Crippen LogP contribution in [0.4, 0.5) is 10.5 Å². The summed E-state index contributed by atoms with van der Waals surface area (Å²) in [6.45, 7) is 3.06. The van der Waals surface area contributed by atoms with Crippen molar-refractivity contribution < 1.29 is 44.3 Å². The van der Waals surface area contributed by atoms with Crippen molar-refractivity contribution in [3.8, 4) is 0 Å². The van der Waals surface area contributed by atoms with E-state index in [9.17, 15) is 34.8 Å². The molecule has 2 saturated heterocycles. The lowest BCUT2D eigenvalue weighted by Gasteiger charge is -2.22. The molecule has 3 heterocycles.